The van der Waals surface area contributed by atoms with E-state index >= 15 is 0 Å². The zero-order valence-corrected chi connectivity index (χ0v) is 14.4. The van der Waals surface area contributed by atoms with Crippen molar-refractivity contribution < 1.29 is 9.47 Å². The van der Waals surface area contributed by atoms with Gasteiger partial charge < -0.3 is 20.5 Å². The van der Waals surface area contributed by atoms with Crippen LogP contribution in [0.1, 0.15) is 26.7 Å². The van der Waals surface area contributed by atoms with Gasteiger partial charge in [-0.25, -0.2) is 0 Å². The number of aliphatic imine (C=N–C) groups is 1. The van der Waals surface area contributed by atoms with Crippen LogP contribution in [0.15, 0.2) is 4.99 Å². The molecule has 1 fully saturated rings. The molecule has 1 unspecified atom stereocenters. The quantitative estimate of drug-likeness (QED) is 0.288. The standard InChI is InChI=1S/C13H27N3O2.HI/c1-11(2)8-16-13(14)15-5-3-6-17-9-12-4-7-18-10-12;/h11-12H,3-10H2,1-2H3,(H3,14,15,16);1H. The van der Waals surface area contributed by atoms with E-state index in [2.05, 4.69) is 24.2 Å². The van der Waals surface area contributed by atoms with Crippen LogP contribution >= 0.6 is 24.0 Å². The smallest absolute Gasteiger partial charge is 0.188 e. The maximum atomic E-state index is 5.72. The molecule has 0 radical (unpaired) electrons. The van der Waals surface area contributed by atoms with Gasteiger partial charge in [-0.05, 0) is 18.8 Å². The van der Waals surface area contributed by atoms with Gasteiger partial charge in [-0.1, -0.05) is 13.8 Å². The largest absolute Gasteiger partial charge is 0.381 e. The molecule has 114 valence electrons. The summed E-state index contributed by atoms with van der Waals surface area (Å²) >= 11 is 0. The van der Waals surface area contributed by atoms with Crippen LogP contribution in [0, 0.1) is 11.8 Å². The minimum atomic E-state index is 0. The Labute approximate surface area is 133 Å². The van der Waals surface area contributed by atoms with Crippen molar-refractivity contribution in [3.63, 3.8) is 0 Å². The zero-order chi connectivity index (χ0) is 13.2. The molecule has 0 bridgehead atoms. The molecule has 5 nitrogen and oxygen atoms in total. The fourth-order valence-electron chi connectivity index (χ4n) is 1.69. The van der Waals surface area contributed by atoms with Gasteiger partial charge in [0.1, 0.15) is 0 Å². The second-order valence-corrected chi connectivity index (χ2v) is 5.20. The third kappa shape index (κ3) is 10.4. The lowest BCUT2D eigenvalue weighted by Crippen LogP contribution is -2.33. The van der Waals surface area contributed by atoms with Crippen molar-refractivity contribution in [3.05, 3.63) is 0 Å². The van der Waals surface area contributed by atoms with Gasteiger partial charge in [-0.15, -0.1) is 24.0 Å². The molecule has 0 aromatic rings. The van der Waals surface area contributed by atoms with Crippen molar-refractivity contribution in [2.45, 2.75) is 26.7 Å². The van der Waals surface area contributed by atoms with E-state index in [9.17, 15) is 0 Å². The number of guanidine groups is 1. The van der Waals surface area contributed by atoms with Crippen LogP contribution in [-0.2, 0) is 9.47 Å². The molecule has 1 aliphatic heterocycles. The normalized spacial score (nSPS) is 19.5. The van der Waals surface area contributed by atoms with Crippen molar-refractivity contribution in [3.8, 4) is 0 Å². The first kappa shape index (κ1) is 18.9. The van der Waals surface area contributed by atoms with Crippen molar-refractivity contribution in [2.75, 3.05) is 39.5 Å². The Balaban J connectivity index is 0.00000324. The van der Waals surface area contributed by atoms with Crippen molar-refractivity contribution in [1.29, 1.82) is 0 Å². The maximum absolute atomic E-state index is 5.72. The maximum Gasteiger partial charge on any atom is 0.188 e. The molecule has 1 heterocycles. The van der Waals surface area contributed by atoms with Crippen LogP contribution < -0.4 is 11.1 Å². The molecular weight excluding hydrogens is 357 g/mol. The molecule has 3 N–H and O–H groups in total. The first-order valence-corrected chi connectivity index (χ1v) is 6.87. The molecule has 0 saturated carbocycles. The predicted octanol–water partition coefficient (Wildman–Crippen LogP) is 1.61. The molecule has 1 aliphatic rings. The number of nitrogens with one attached hydrogen (secondary N) is 1. The van der Waals surface area contributed by atoms with E-state index in [0.29, 0.717) is 17.8 Å². The highest BCUT2D eigenvalue weighted by Gasteiger charge is 2.14. The van der Waals surface area contributed by atoms with Crippen LogP contribution in [-0.4, -0.2) is 45.5 Å². The van der Waals surface area contributed by atoms with Crippen LogP contribution in [0.3, 0.4) is 0 Å². The van der Waals surface area contributed by atoms with Gasteiger partial charge in [0.05, 0.1) is 13.2 Å². The first-order chi connectivity index (χ1) is 8.68. The minimum Gasteiger partial charge on any atom is -0.381 e. The van der Waals surface area contributed by atoms with Crippen LogP contribution in [0.5, 0.6) is 0 Å². The van der Waals surface area contributed by atoms with E-state index < -0.39 is 0 Å². The van der Waals surface area contributed by atoms with Gasteiger partial charge in [0.15, 0.2) is 5.96 Å². The van der Waals surface area contributed by atoms with Gasteiger partial charge in [0, 0.05) is 32.2 Å². The molecule has 1 saturated heterocycles. The Kier molecular flexibility index (Phi) is 11.7. The molecule has 0 aromatic heterocycles. The van der Waals surface area contributed by atoms with E-state index in [0.717, 1.165) is 52.4 Å². The predicted molar refractivity (Wildman–Crippen MR) is 89.1 cm³/mol. The topological polar surface area (TPSA) is 68.9 Å². The monoisotopic (exact) mass is 385 g/mol. The Hall–Kier alpha value is -0.0800. The van der Waals surface area contributed by atoms with E-state index in [-0.39, 0.29) is 24.0 Å². The lowest BCUT2D eigenvalue weighted by atomic mass is 10.1. The summed E-state index contributed by atoms with van der Waals surface area (Å²) in [5.74, 6) is 1.67. The SMILES string of the molecule is CC(C)CN=C(N)NCCCOCC1CCOC1.I. The van der Waals surface area contributed by atoms with Gasteiger partial charge >= 0.3 is 0 Å². The van der Waals surface area contributed by atoms with Gasteiger partial charge in [-0.2, -0.15) is 0 Å². The molecular formula is C13H28IN3O2. The average Bonchev–Trinajstić information content (AvgIpc) is 2.84. The van der Waals surface area contributed by atoms with E-state index in [1.807, 2.05) is 0 Å². The Morgan fingerprint density at radius 1 is 1.53 bits per heavy atom. The Bertz CT molecular complexity index is 244. The summed E-state index contributed by atoms with van der Waals surface area (Å²) in [7, 11) is 0. The van der Waals surface area contributed by atoms with Crippen molar-refractivity contribution in [1.82, 2.24) is 5.32 Å². The third-order valence-corrected chi connectivity index (χ3v) is 2.78. The number of hydrogen-bond acceptors (Lipinski definition) is 3. The molecule has 6 heteroatoms. The van der Waals surface area contributed by atoms with Crippen LogP contribution in [0.2, 0.25) is 0 Å². The zero-order valence-electron chi connectivity index (χ0n) is 12.1. The van der Waals surface area contributed by atoms with Gasteiger partial charge in [-0.3, -0.25) is 4.99 Å². The highest BCUT2D eigenvalue weighted by Crippen LogP contribution is 2.12. The fraction of sp³-hybridized carbons (Fsp3) is 0.923. The summed E-state index contributed by atoms with van der Waals surface area (Å²) in [4.78, 5) is 4.23. The van der Waals surface area contributed by atoms with Crippen LogP contribution in [0.4, 0.5) is 0 Å². The van der Waals surface area contributed by atoms with E-state index in [1.54, 1.807) is 0 Å². The number of hydrogen-bond donors (Lipinski definition) is 2. The summed E-state index contributed by atoms with van der Waals surface area (Å²) in [5, 5.41) is 3.09. The molecule has 19 heavy (non-hydrogen) atoms. The lowest BCUT2D eigenvalue weighted by molar-refractivity contribution is 0.0888. The van der Waals surface area contributed by atoms with E-state index in [4.69, 9.17) is 15.2 Å². The first-order valence-electron chi connectivity index (χ1n) is 6.87. The summed E-state index contributed by atoms with van der Waals surface area (Å²) in [6.07, 6.45) is 2.08. The summed E-state index contributed by atoms with van der Waals surface area (Å²) < 4.78 is 10.9. The second kappa shape index (κ2) is 11.7. The van der Waals surface area contributed by atoms with E-state index in [1.165, 1.54) is 0 Å². The summed E-state index contributed by atoms with van der Waals surface area (Å²) in [6.45, 7) is 9.16. The highest BCUT2D eigenvalue weighted by atomic mass is 127. The number of nitrogens with zero attached hydrogens (tertiary/aromatic N) is 1. The number of rotatable bonds is 8. The van der Waals surface area contributed by atoms with Gasteiger partial charge in [0.2, 0.25) is 0 Å². The Morgan fingerprint density at radius 2 is 2.32 bits per heavy atom. The fourth-order valence-corrected chi connectivity index (χ4v) is 1.69. The van der Waals surface area contributed by atoms with Crippen molar-refractivity contribution >= 4 is 29.9 Å². The van der Waals surface area contributed by atoms with Crippen molar-refractivity contribution in [2.24, 2.45) is 22.6 Å². The minimum absolute atomic E-state index is 0. The third-order valence-electron chi connectivity index (χ3n) is 2.78. The number of nitrogens with two attached hydrogens (primary N) is 1. The summed E-state index contributed by atoms with van der Waals surface area (Å²) in [6, 6.07) is 0. The number of ether oxygens (including phenoxy) is 2. The average molecular weight is 385 g/mol. The second-order valence-electron chi connectivity index (χ2n) is 5.20. The lowest BCUT2D eigenvalue weighted by Gasteiger charge is -2.09. The molecule has 1 rings (SSSR count). The Morgan fingerprint density at radius 3 is 2.95 bits per heavy atom. The number of halogens is 1. The summed E-state index contributed by atoms with van der Waals surface area (Å²) in [5.41, 5.74) is 5.72. The molecule has 0 amide bonds. The van der Waals surface area contributed by atoms with Crippen LogP contribution in [0.25, 0.3) is 0 Å². The highest BCUT2D eigenvalue weighted by molar-refractivity contribution is 14.0. The molecule has 0 aliphatic carbocycles. The molecule has 0 aromatic carbocycles. The van der Waals surface area contributed by atoms with Gasteiger partial charge in [0.25, 0.3) is 0 Å². The molecule has 1 atom stereocenters. The molecule has 0 spiro atoms.